The van der Waals surface area contributed by atoms with Gasteiger partial charge in [0.1, 0.15) is 79.2 Å². The molecule has 0 saturated carbocycles. The van der Waals surface area contributed by atoms with Crippen molar-refractivity contribution in [3.05, 3.63) is 85.9 Å². The van der Waals surface area contributed by atoms with Gasteiger partial charge in [0.2, 0.25) is 17.7 Å². The summed E-state index contributed by atoms with van der Waals surface area (Å²) in [7, 11) is 0. The average Bonchev–Trinajstić information content (AvgIpc) is 4.18. The van der Waals surface area contributed by atoms with Crippen LogP contribution in [-0.2, 0) is 23.9 Å². The molecule has 1 aliphatic heterocycles. The van der Waals surface area contributed by atoms with Crippen LogP contribution in [0.25, 0.3) is 43.4 Å². The summed E-state index contributed by atoms with van der Waals surface area (Å²) in [5.41, 5.74) is 7.37. The summed E-state index contributed by atoms with van der Waals surface area (Å²) in [4.78, 5) is 102. The molecule has 0 radical (unpaired) electrons. The standard InChI is InChI=1S/C44H46N10O10S4/c1-5-63-42(61)29-21-65-37(52-29)23-13-14-24(38-50-27(19-67-38)36(59)48-25(17-55)41(60)54-15-9-12-30(54)35(45)58)47-32(23)26-18-66-39(49-26)28-20-68-40(51-28)33(34(57)22-10-7-6-8-11-22)53-31(56)16-46-43(62)64-44(2,3)4/h6-8,10-11,13-14,18-21,25,30,33-34,55,57H,5,9,12,15-17H2,1-4H3,(H2,45,58)(H,46,62)(H,48,59)(H,53,56)/t25-,30-,33+,34-/m0/s1. The molecule has 20 nitrogen and oxygen atoms in total. The van der Waals surface area contributed by atoms with Gasteiger partial charge in [-0.3, -0.25) is 19.2 Å². The van der Waals surface area contributed by atoms with Crippen LogP contribution in [0, 0.1) is 0 Å². The Hall–Kier alpha value is -6.57. The lowest BCUT2D eigenvalue weighted by molar-refractivity contribution is -0.139. The van der Waals surface area contributed by atoms with E-state index in [4.69, 9.17) is 30.2 Å². The van der Waals surface area contributed by atoms with Gasteiger partial charge in [-0.25, -0.2) is 34.5 Å². The van der Waals surface area contributed by atoms with Gasteiger partial charge in [-0.1, -0.05) is 30.3 Å². The summed E-state index contributed by atoms with van der Waals surface area (Å²) in [6, 6.07) is 8.98. The molecule has 0 spiro atoms. The van der Waals surface area contributed by atoms with Crippen LogP contribution < -0.4 is 21.7 Å². The van der Waals surface area contributed by atoms with Gasteiger partial charge in [-0.05, 0) is 58.2 Å². The number of primary amides is 1. The van der Waals surface area contributed by atoms with Crippen LogP contribution in [0.2, 0.25) is 0 Å². The second-order valence-electron chi connectivity index (χ2n) is 16.1. The molecule has 356 valence electrons. The second-order valence-corrected chi connectivity index (χ2v) is 19.5. The van der Waals surface area contributed by atoms with E-state index in [0.717, 1.165) is 11.3 Å². The molecule has 6 aromatic rings. The Morgan fingerprint density at radius 1 is 0.838 bits per heavy atom. The van der Waals surface area contributed by atoms with E-state index < -0.39 is 78.7 Å². The molecule has 0 bridgehead atoms. The number of aliphatic hydroxyl groups is 2. The molecule has 1 saturated heterocycles. The number of thiazole rings is 4. The van der Waals surface area contributed by atoms with Crippen LogP contribution >= 0.6 is 45.3 Å². The molecular formula is C44H46N10O10S4. The number of rotatable bonds is 17. The zero-order valence-electron chi connectivity index (χ0n) is 37.0. The van der Waals surface area contributed by atoms with Gasteiger partial charge in [0.15, 0.2) is 5.69 Å². The molecule has 1 fully saturated rings. The second kappa shape index (κ2) is 21.6. The summed E-state index contributed by atoms with van der Waals surface area (Å²) < 4.78 is 10.4. The SMILES string of the molecule is CCOC(=O)c1csc(-c2ccc(-c3nc(C(=O)N[C@@H](CO)C(=O)N4CCC[C@H]4C(N)=O)cs3)nc2-c2csc(-c3csc([C@H](NC(=O)CNC(=O)OC(C)(C)C)[C@@H](O)c4ccccc4)n3)n2)n1. The molecular weight excluding hydrogens is 957 g/mol. The first-order valence-corrected chi connectivity index (χ1v) is 24.6. The van der Waals surface area contributed by atoms with Crippen LogP contribution in [0.15, 0.2) is 64.0 Å². The third kappa shape index (κ3) is 11.7. The van der Waals surface area contributed by atoms with E-state index in [9.17, 15) is 39.0 Å². The maximum Gasteiger partial charge on any atom is 0.408 e. The van der Waals surface area contributed by atoms with Gasteiger partial charge < -0.3 is 46.3 Å². The number of carbonyl (C=O) groups is 6. The fourth-order valence-corrected chi connectivity index (χ4v) is 10.2. The highest BCUT2D eigenvalue weighted by atomic mass is 32.1. The number of nitrogens with one attached hydrogen (secondary N) is 3. The minimum atomic E-state index is -1.34. The highest BCUT2D eigenvalue weighted by Gasteiger charge is 2.37. The largest absolute Gasteiger partial charge is 0.461 e. The van der Waals surface area contributed by atoms with Crippen molar-refractivity contribution in [2.24, 2.45) is 5.73 Å². The van der Waals surface area contributed by atoms with Gasteiger partial charge in [0, 0.05) is 33.6 Å². The maximum absolute atomic E-state index is 13.4. The predicted molar refractivity (Wildman–Crippen MR) is 253 cm³/mol. The first-order valence-electron chi connectivity index (χ1n) is 21.1. The van der Waals surface area contributed by atoms with Crippen molar-refractivity contribution in [3.63, 3.8) is 0 Å². The molecule has 0 aliphatic carbocycles. The molecule has 24 heteroatoms. The number of pyridine rings is 1. The Labute approximate surface area is 405 Å². The molecule has 7 N–H and O–H groups in total. The molecule has 6 heterocycles. The van der Waals surface area contributed by atoms with E-state index in [0.29, 0.717) is 66.8 Å². The van der Waals surface area contributed by atoms with Crippen molar-refractivity contribution in [3.8, 4) is 43.4 Å². The van der Waals surface area contributed by atoms with Crippen LogP contribution in [0.1, 0.15) is 84.2 Å². The molecule has 68 heavy (non-hydrogen) atoms. The van der Waals surface area contributed by atoms with E-state index >= 15 is 0 Å². The minimum Gasteiger partial charge on any atom is -0.461 e. The first kappa shape index (κ1) is 49.3. The number of nitrogens with zero attached hydrogens (tertiary/aromatic N) is 6. The van der Waals surface area contributed by atoms with Gasteiger partial charge in [-0.15, -0.1) is 45.3 Å². The fraction of sp³-hybridized carbons (Fsp3) is 0.341. The number of hydrogen-bond acceptors (Lipinski definition) is 19. The summed E-state index contributed by atoms with van der Waals surface area (Å²) in [5.74, 6) is -3.21. The third-order valence-corrected chi connectivity index (χ3v) is 13.6. The average molecular weight is 1000 g/mol. The zero-order chi connectivity index (χ0) is 48.7. The number of aromatic nitrogens is 5. The lowest BCUT2D eigenvalue weighted by Gasteiger charge is -2.26. The van der Waals surface area contributed by atoms with Crippen molar-refractivity contribution in [2.75, 3.05) is 26.3 Å². The van der Waals surface area contributed by atoms with E-state index in [2.05, 4.69) is 25.9 Å². The molecule has 5 aromatic heterocycles. The number of amides is 5. The Kier molecular flexibility index (Phi) is 15.7. The summed E-state index contributed by atoms with van der Waals surface area (Å²) >= 11 is 4.76. The number of alkyl carbamates (subject to hydrolysis) is 1. The molecule has 5 amide bonds. The number of likely N-dealkylation sites (tertiary alicyclic amines) is 1. The van der Waals surface area contributed by atoms with Gasteiger partial charge >= 0.3 is 12.1 Å². The molecule has 7 rings (SSSR count). The normalized spacial score (nSPS) is 15.0. The lowest BCUT2D eigenvalue weighted by Crippen LogP contribution is -2.54. The number of nitrogens with two attached hydrogens (primary N) is 1. The quantitative estimate of drug-likeness (QED) is 0.0673. The van der Waals surface area contributed by atoms with Crippen LogP contribution in [0.4, 0.5) is 4.79 Å². The number of benzene rings is 1. The number of ether oxygens (including phenoxy) is 2. The molecule has 0 unspecified atom stereocenters. The lowest BCUT2D eigenvalue weighted by atomic mass is 10.0. The van der Waals surface area contributed by atoms with Crippen LogP contribution in [0.3, 0.4) is 0 Å². The Morgan fingerprint density at radius 3 is 2.25 bits per heavy atom. The smallest absolute Gasteiger partial charge is 0.408 e. The molecule has 1 aromatic carbocycles. The van der Waals surface area contributed by atoms with Crippen molar-refractivity contribution in [1.29, 1.82) is 0 Å². The third-order valence-electron chi connectivity index (χ3n) is 10.0. The fourth-order valence-electron chi connectivity index (χ4n) is 6.92. The van der Waals surface area contributed by atoms with Gasteiger partial charge in [0.25, 0.3) is 5.91 Å². The summed E-state index contributed by atoms with van der Waals surface area (Å²) in [6.45, 7) is 6.08. The minimum absolute atomic E-state index is 0.0444. The zero-order valence-corrected chi connectivity index (χ0v) is 40.2. The van der Waals surface area contributed by atoms with E-state index in [-0.39, 0.29) is 24.5 Å². The van der Waals surface area contributed by atoms with E-state index in [1.54, 1.807) is 86.3 Å². The van der Waals surface area contributed by atoms with Crippen molar-refractivity contribution >= 4 is 81.0 Å². The summed E-state index contributed by atoms with van der Waals surface area (Å²) in [6.07, 6.45) is -1.05. The first-order chi connectivity index (χ1) is 32.5. The van der Waals surface area contributed by atoms with Crippen molar-refractivity contribution < 1.29 is 48.5 Å². The van der Waals surface area contributed by atoms with Crippen molar-refractivity contribution in [2.45, 2.75) is 70.4 Å². The highest BCUT2D eigenvalue weighted by Crippen LogP contribution is 2.39. The molecule has 1 aliphatic rings. The number of carbonyl (C=O) groups excluding carboxylic acids is 6. The monoisotopic (exact) mass is 1000 g/mol. The van der Waals surface area contributed by atoms with Crippen LogP contribution in [0.5, 0.6) is 0 Å². The predicted octanol–water partition coefficient (Wildman–Crippen LogP) is 4.73. The van der Waals surface area contributed by atoms with Crippen molar-refractivity contribution in [1.82, 2.24) is 45.8 Å². The Bertz CT molecular complexity index is 2800. The molecule has 4 atom stereocenters. The Balaban J connectivity index is 1.17. The number of esters is 1. The van der Waals surface area contributed by atoms with E-state index in [1.807, 2.05) is 0 Å². The number of hydrogen-bond donors (Lipinski definition) is 6. The number of aliphatic hydroxyl groups excluding tert-OH is 2. The van der Waals surface area contributed by atoms with Gasteiger partial charge in [0.05, 0.1) is 18.9 Å². The topological polar surface area (TPSA) is 291 Å². The summed E-state index contributed by atoms with van der Waals surface area (Å²) in [5, 5.41) is 37.5. The highest BCUT2D eigenvalue weighted by molar-refractivity contribution is 7.14. The Morgan fingerprint density at radius 2 is 1.53 bits per heavy atom. The van der Waals surface area contributed by atoms with Crippen LogP contribution in [-0.4, -0.2) is 120 Å². The maximum atomic E-state index is 13.4. The van der Waals surface area contributed by atoms with E-state index in [1.165, 1.54) is 44.3 Å². The van der Waals surface area contributed by atoms with Gasteiger partial charge in [-0.2, -0.15) is 0 Å².